The van der Waals surface area contributed by atoms with Crippen LogP contribution in [0, 0.1) is 13.8 Å². The van der Waals surface area contributed by atoms with Crippen LogP contribution in [0.1, 0.15) is 39.3 Å². The Balaban J connectivity index is 0. The fraction of sp³-hybridized carbons (Fsp3) is 0.667. The van der Waals surface area contributed by atoms with Crippen LogP contribution in [-0.4, -0.2) is 4.98 Å². The van der Waals surface area contributed by atoms with E-state index in [1.807, 2.05) is 41.5 Å². The summed E-state index contributed by atoms with van der Waals surface area (Å²) in [6, 6.07) is 0. The Kier molecular flexibility index (Phi) is 10.8. The van der Waals surface area contributed by atoms with Crippen LogP contribution in [0.15, 0.2) is 10.7 Å². The predicted molar refractivity (Wildman–Crippen MR) is 48.7 cm³/mol. The summed E-state index contributed by atoms with van der Waals surface area (Å²) in [4.78, 5) is 3.94. The van der Waals surface area contributed by atoms with Crippen molar-refractivity contribution in [2.75, 3.05) is 0 Å². The molecule has 0 unspecified atom stereocenters. The van der Waals surface area contributed by atoms with Crippen LogP contribution in [0.25, 0.3) is 0 Å². The van der Waals surface area contributed by atoms with E-state index in [2.05, 4.69) is 4.98 Å². The minimum atomic E-state index is 0.734. The van der Waals surface area contributed by atoms with Gasteiger partial charge in [-0.1, -0.05) is 27.7 Å². The molecule has 0 aliphatic heterocycles. The number of hydrogen-bond acceptors (Lipinski definition) is 2. The highest BCUT2D eigenvalue weighted by Crippen LogP contribution is 1.95. The Morgan fingerprint density at radius 2 is 1.55 bits per heavy atom. The summed E-state index contributed by atoms with van der Waals surface area (Å²) in [7, 11) is 0. The minimum Gasteiger partial charge on any atom is -0.449 e. The van der Waals surface area contributed by atoms with Crippen LogP contribution in [0.3, 0.4) is 0 Å². The van der Waals surface area contributed by atoms with Crippen molar-refractivity contribution in [3.63, 3.8) is 0 Å². The lowest BCUT2D eigenvalue weighted by Crippen LogP contribution is -1.67. The number of aryl methyl sites for hydroxylation is 2. The van der Waals surface area contributed by atoms with Crippen LogP contribution in [-0.2, 0) is 0 Å². The molecule has 1 aromatic heterocycles. The number of rotatable bonds is 0. The Morgan fingerprint density at radius 1 is 1.09 bits per heavy atom. The van der Waals surface area contributed by atoms with Gasteiger partial charge in [-0.2, -0.15) is 0 Å². The smallest absolute Gasteiger partial charge is 0.191 e. The zero-order valence-electron chi connectivity index (χ0n) is 8.43. The molecule has 11 heavy (non-hydrogen) atoms. The molecule has 0 N–H and O–H groups in total. The maximum Gasteiger partial charge on any atom is 0.191 e. The molecule has 0 aliphatic carbocycles. The molecule has 0 saturated carbocycles. The summed E-state index contributed by atoms with van der Waals surface area (Å²) in [5.41, 5.74) is 0.942. The van der Waals surface area contributed by atoms with Crippen LogP contribution in [0.2, 0.25) is 0 Å². The Labute approximate surface area is 69.6 Å². The van der Waals surface area contributed by atoms with E-state index < -0.39 is 0 Å². The summed E-state index contributed by atoms with van der Waals surface area (Å²) in [5.74, 6) is 0.734. The number of aromatic nitrogens is 1. The molecular formula is C9H19NO. The van der Waals surface area contributed by atoms with Crippen LogP contribution in [0.4, 0.5) is 0 Å². The first-order chi connectivity index (χ1) is 5.29. The lowest BCUT2D eigenvalue weighted by Gasteiger charge is -1.68. The van der Waals surface area contributed by atoms with E-state index in [9.17, 15) is 0 Å². The second-order valence-electron chi connectivity index (χ2n) is 1.51. The normalized spacial score (nSPS) is 7.09. The van der Waals surface area contributed by atoms with Crippen LogP contribution >= 0.6 is 0 Å². The summed E-state index contributed by atoms with van der Waals surface area (Å²) in [6.07, 6.45) is 1.63. The van der Waals surface area contributed by atoms with Gasteiger partial charge >= 0.3 is 0 Å². The van der Waals surface area contributed by atoms with Crippen molar-refractivity contribution in [3.05, 3.63) is 17.8 Å². The molecule has 0 aromatic carbocycles. The minimum absolute atomic E-state index is 0.734. The quantitative estimate of drug-likeness (QED) is 0.577. The molecule has 1 heterocycles. The highest BCUT2D eigenvalue weighted by atomic mass is 16.3. The van der Waals surface area contributed by atoms with E-state index in [4.69, 9.17) is 4.42 Å². The molecule has 66 valence electrons. The van der Waals surface area contributed by atoms with Gasteiger partial charge in [-0.3, -0.25) is 0 Å². The van der Waals surface area contributed by atoms with Gasteiger partial charge in [-0.25, -0.2) is 4.98 Å². The van der Waals surface area contributed by atoms with Gasteiger partial charge in [0.25, 0.3) is 0 Å². The largest absolute Gasteiger partial charge is 0.449 e. The van der Waals surface area contributed by atoms with Crippen molar-refractivity contribution >= 4 is 0 Å². The molecular weight excluding hydrogens is 138 g/mol. The molecule has 0 amide bonds. The number of nitrogens with zero attached hydrogens (tertiary/aromatic N) is 1. The van der Waals surface area contributed by atoms with Gasteiger partial charge < -0.3 is 4.42 Å². The van der Waals surface area contributed by atoms with Crippen molar-refractivity contribution in [2.24, 2.45) is 0 Å². The third kappa shape index (κ3) is 7.10. The molecule has 0 bridgehead atoms. The fourth-order valence-electron chi connectivity index (χ4n) is 0.472. The fourth-order valence-corrected chi connectivity index (χ4v) is 0.472. The molecule has 0 saturated heterocycles. The Morgan fingerprint density at radius 3 is 1.64 bits per heavy atom. The predicted octanol–water partition coefficient (Wildman–Crippen LogP) is 3.34. The summed E-state index contributed by atoms with van der Waals surface area (Å²) in [5, 5.41) is 0. The summed E-state index contributed by atoms with van der Waals surface area (Å²) >= 11 is 0. The van der Waals surface area contributed by atoms with Gasteiger partial charge in [0.15, 0.2) is 5.89 Å². The first-order valence-corrected chi connectivity index (χ1v) is 4.18. The molecule has 2 nitrogen and oxygen atoms in total. The van der Waals surface area contributed by atoms with E-state index in [1.165, 1.54) is 0 Å². The molecule has 0 radical (unpaired) electrons. The van der Waals surface area contributed by atoms with Gasteiger partial charge in [0.1, 0.15) is 6.26 Å². The monoisotopic (exact) mass is 157 g/mol. The molecule has 0 atom stereocenters. The molecule has 1 aromatic rings. The standard InChI is InChI=1S/C5H7NO.2C2H6/c1-4-3-7-5(2)6-4;2*1-2/h3H,1-2H3;2*1-2H3. The van der Waals surface area contributed by atoms with Crippen molar-refractivity contribution < 1.29 is 4.42 Å². The zero-order chi connectivity index (χ0) is 9.28. The van der Waals surface area contributed by atoms with Crippen molar-refractivity contribution in [3.8, 4) is 0 Å². The summed E-state index contributed by atoms with van der Waals surface area (Å²) < 4.78 is 4.85. The van der Waals surface area contributed by atoms with E-state index in [0.717, 1.165) is 11.6 Å². The Bertz CT molecular complexity index is 142. The van der Waals surface area contributed by atoms with E-state index in [1.54, 1.807) is 6.26 Å². The maximum absolute atomic E-state index is 4.85. The first kappa shape index (κ1) is 12.8. The van der Waals surface area contributed by atoms with E-state index >= 15 is 0 Å². The molecule has 2 heteroatoms. The van der Waals surface area contributed by atoms with Gasteiger partial charge in [-0.15, -0.1) is 0 Å². The van der Waals surface area contributed by atoms with Crippen LogP contribution < -0.4 is 0 Å². The summed E-state index contributed by atoms with van der Waals surface area (Å²) in [6.45, 7) is 11.7. The first-order valence-electron chi connectivity index (χ1n) is 4.18. The van der Waals surface area contributed by atoms with Gasteiger partial charge in [0.05, 0.1) is 5.69 Å². The van der Waals surface area contributed by atoms with Crippen molar-refractivity contribution in [1.29, 1.82) is 0 Å². The van der Waals surface area contributed by atoms with Crippen molar-refractivity contribution in [2.45, 2.75) is 41.5 Å². The third-order valence-electron chi connectivity index (χ3n) is 0.734. The SMILES string of the molecule is CC.CC.Cc1coc(C)n1. The second kappa shape index (κ2) is 9.21. The molecule has 1 rings (SSSR count). The second-order valence-corrected chi connectivity index (χ2v) is 1.51. The highest BCUT2D eigenvalue weighted by Gasteiger charge is 1.87. The van der Waals surface area contributed by atoms with Crippen LogP contribution in [0.5, 0.6) is 0 Å². The van der Waals surface area contributed by atoms with E-state index in [-0.39, 0.29) is 0 Å². The highest BCUT2D eigenvalue weighted by molar-refractivity contribution is 4.89. The number of oxazole rings is 1. The average Bonchev–Trinajstić information content (AvgIpc) is 2.43. The maximum atomic E-state index is 4.85. The van der Waals surface area contributed by atoms with Gasteiger partial charge in [0, 0.05) is 6.92 Å². The zero-order valence-corrected chi connectivity index (χ0v) is 8.43. The number of hydrogen-bond donors (Lipinski definition) is 0. The topological polar surface area (TPSA) is 26.0 Å². The average molecular weight is 157 g/mol. The molecule has 0 spiro atoms. The lowest BCUT2D eigenvalue weighted by molar-refractivity contribution is 0.521. The van der Waals surface area contributed by atoms with Crippen molar-refractivity contribution in [1.82, 2.24) is 4.98 Å². The molecule has 0 aliphatic rings. The Hall–Kier alpha value is -0.790. The molecule has 0 fully saturated rings. The third-order valence-corrected chi connectivity index (χ3v) is 0.734. The van der Waals surface area contributed by atoms with Gasteiger partial charge in [-0.05, 0) is 6.92 Å². The van der Waals surface area contributed by atoms with E-state index in [0.29, 0.717) is 0 Å². The van der Waals surface area contributed by atoms with Gasteiger partial charge in [0.2, 0.25) is 0 Å². The lowest BCUT2D eigenvalue weighted by atomic mass is 10.6.